The lowest BCUT2D eigenvalue weighted by atomic mass is 10.2. The van der Waals surface area contributed by atoms with Crippen LogP contribution in [0.15, 0.2) is 35.5 Å². The Kier molecular flexibility index (Phi) is 2.11. The van der Waals surface area contributed by atoms with Gasteiger partial charge in [0.15, 0.2) is 0 Å². The van der Waals surface area contributed by atoms with E-state index >= 15 is 0 Å². The molecule has 10 heavy (non-hydrogen) atoms. The zero-order valence-electron chi connectivity index (χ0n) is 6.00. The van der Waals surface area contributed by atoms with Gasteiger partial charge in [-0.15, -0.1) is 0 Å². The summed E-state index contributed by atoms with van der Waals surface area (Å²) < 4.78 is 5.13. The summed E-state index contributed by atoms with van der Waals surface area (Å²) >= 11 is 0. The molecule has 1 aromatic rings. The molecular formula is C9H10O. The maximum Gasteiger partial charge on any atom is 0.129 e. The van der Waals surface area contributed by atoms with E-state index in [4.69, 9.17) is 4.42 Å². The predicted molar refractivity (Wildman–Crippen MR) is 42.7 cm³/mol. The molecule has 0 unspecified atom stereocenters. The van der Waals surface area contributed by atoms with Crippen LogP contribution in [0.5, 0.6) is 0 Å². The van der Waals surface area contributed by atoms with Gasteiger partial charge in [0.05, 0.1) is 6.26 Å². The second kappa shape index (κ2) is 3.06. The van der Waals surface area contributed by atoms with E-state index in [2.05, 4.69) is 6.58 Å². The van der Waals surface area contributed by atoms with Crippen LogP contribution >= 0.6 is 0 Å². The van der Waals surface area contributed by atoms with Gasteiger partial charge in [0.25, 0.3) is 0 Å². The standard InChI is InChI=1S/C9H10O/c1-3-4-5-9-8(2)6-7-10-9/h3-7H,1H2,2H3/b5-4+. The van der Waals surface area contributed by atoms with Crippen molar-refractivity contribution < 1.29 is 4.42 Å². The van der Waals surface area contributed by atoms with Gasteiger partial charge >= 0.3 is 0 Å². The number of hydrogen-bond acceptors (Lipinski definition) is 1. The maximum absolute atomic E-state index is 5.13. The highest BCUT2D eigenvalue weighted by atomic mass is 16.3. The van der Waals surface area contributed by atoms with Crippen molar-refractivity contribution in [1.82, 2.24) is 0 Å². The van der Waals surface area contributed by atoms with Crippen molar-refractivity contribution in [1.29, 1.82) is 0 Å². The third-order valence-corrected chi connectivity index (χ3v) is 1.29. The number of furan rings is 1. The topological polar surface area (TPSA) is 13.1 Å². The van der Waals surface area contributed by atoms with Crippen LogP contribution in [0.2, 0.25) is 0 Å². The highest BCUT2D eigenvalue weighted by Gasteiger charge is 1.93. The van der Waals surface area contributed by atoms with Crippen molar-refractivity contribution >= 4 is 6.08 Å². The molecule has 1 aromatic heterocycles. The average Bonchev–Trinajstić information content (AvgIpc) is 2.31. The van der Waals surface area contributed by atoms with E-state index in [0.29, 0.717) is 0 Å². The van der Waals surface area contributed by atoms with Crippen LogP contribution < -0.4 is 0 Å². The van der Waals surface area contributed by atoms with Crippen molar-refractivity contribution in [3.8, 4) is 0 Å². The molecule has 0 N–H and O–H groups in total. The van der Waals surface area contributed by atoms with E-state index < -0.39 is 0 Å². The van der Waals surface area contributed by atoms with E-state index in [1.165, 1.54) is 0 Å². The third-order valence-electron chi connectivity index (χ3n) is 1.29. The Hall–Kier alpha value is -1.24. The van der Waals surface area contributed by atoms with E-state index in [1.807, 2.05) is 25.1 Å². The minimum Gasteiger partial charge on any atom is -0.465 e. The Morgan fingerprint density at radius 3 is 2.90 bits per heavy atom. The van der Waals surface area contributed by atoms with E-state index in [-0.39, 0.29) is 0 Å². The summed E-state index contributed by atoms with van der Waals surface area (Å²) in [5.74, 6) is 0.903. The first-order chi connectivity index (χ1) is 4.84. The largest absolute Gasteiger partial charge is 0.465 e. The van der Waals surface area contributed by atoms with Gasteiger partial charge in [-0.25, -0.2) is 0 Å². The maximum atomic E-state index is 5.13. The van der Waals surface area contributed by atoms with Gasteiger partial charge in [-0.3, -0.25) is 0 Å². The van der Waals surface area contributed by atoms with E-state index in [9.17, 15) is 0 Å². The Morgan fingerprint density at radius 1 is 1.60 bits per heavy atom. The zero-order chi connectivity index (χ0) is 7.40. The first-order valence-electron chi connectivity index (χ1n) is 3.18. The molecule has 0 amide bonds. The lowest BCUT2D eigenvalue weighted by Crippen LogP contribution is -1.66. The molecule has 0 atom stereocenters. The van der Waals surface area contributed by atoms with E-state index in [1.54, 1.807) is 12.3 Å². The molecule has 0 aromatic carbocycles. The summed E-state index contributed by atoms with van der Waals surface area (Å²) in [6.45, 7) is 5.57. The molecule has 0 aliphatic heterocycles. The Labute approximate surface area is 60.7 Å². The quantitative estimate of drug-likeness (QED) is 0.567. The normalized spacial score (nSPS) is 10.5. The smallest absolute Gasteiger partial charge is 0.129 e. The number of rotatable bonds is 2. The summed E-state index contributed by atoms with van der Waals surface area (Å²) in [6.07, 6.45) is 7.15. The van der Waals surface area contributed by atoms with Gasteiger partial charge in [-0.05, 0) is 24.6 Å². The molecule has 1 nitrogen and oxygen atoms in total. The molecule has 0 radical (unpaired) electrons. The van der Waals surface area contributed by atoms with Gasteiger partial charge in [0.2, 0.25) is 0 Å². The lowest BCUT2D eigenvalue weighted by molar-refractivity contribution is 0.555. The summed E-state index contributed by atoms with van der Waals surface area (Å²) in [7, 11) is 0. The highest BCUT2D eigenvalue weighted by Crippen LogP contribution is 2.09. The van der Waals surface area contributed by atoms with Crippen LogP contribution in [0, 0.1) is 6.92 Å². The van der Waals surface area contributed by atoms with Crippen molar-refractivity contribution in [3.05, 3.63) is 42.4 Å². The summed E-state index contributed by atoms with van der Waals surface area (Å²) in [5.41, 5.74) is 1.15. The van der Waals surface area contributed by atoms with Gasteiger partial charge in [-0.2, -0.15) is 0 Å². The number of aryl methyl sites for hydroxylation is 1. The number of allylic oxidation sites excluding steroid dienone is 2. The third kappa shape index (κ3) is 1.38. The highest BCUT2D eigenvalue weighted by molar-refractivity contribution is 5.48. The zero-order valence-corrected chi connectivity index (χ0v) is 6.00. The summed E-state index contributed by atoms with van der Waals surface area (Å²) in [5, 5.41) is 0. The molecule has 0 saturated carbocycles. The minimum absolute atomic E-state index is 0.903. The second-order valence-corrected chi connectivity index (χ2v) is 2.06. The van der Waals surface area contributed by atoms with Crippen LogP contribution in [-0.2, 0) is 0 Å². The lowest BCUT2D eigenvalue weighted by Gasteiger charge is -1.84. The molecule has 0 fully saturated rings. The molecule has 0 aliphatic carbocycles. The molecule has 0 saturated heterocycles. The SMILES string of the molecule is C=C/C=C/c1occc1C. The molecular weight excluding hydrogens is 124 g/mol. The molecule has 52 valence electrons. The van der Waals surface area contributed by atoms with Crippen molar-refractivity contribution in [2.24, 2.45) is 0 Å². The van der Waals surface area contributed by atoms with E-state index in [0.717, 1.165) is 11.3 Å². The van der Waals surface area contributed by atoms with Crippen molar-refractivity contribution in [2.45, 2.75) is 6.92 Å². The van der Waals surface area contributed by atoms with Crippen molar-refractivity contribution in [2.75, 3.05) is 0 Å². The molecule has 0 aliphatic rings. The van der Waals surface area contributed by atoms with Crippen LogP contribution in [0.1, 0.15) is 11.3 Å². The monoisotopic (exact) mass is 134 g/mol. The minimum atomic E-state index is 0.903. The molecule has 1 rings (SSSR count). The summed E-state index contributed by atoms with van der Waals surface area (Å²) in [4.78, 5) is 0. The van der Waals surface area contributed by atoms with Gasteiger partial charge in [0, 0.05) is 0 Å². The Bertz CT molecular complexity index is 243. The molecule has 1 heterocycles. The first-order valence-corrected chi connectivity index (χ1v) is 3.18. The van der Waals surface area contributed by atoms with Gasteiger partial charge < -0.3 is 4.42 Å². The van der Waals surface area contributed by atoms with Gasteiger partial charge in [0.1, 0.15) is 5.76 Å². The van der Waals surface area contributed by atoms with Crippen LogP contribution in [0.3, 0.4) is 0 Å². The fraction of sp³-hybridized carbons (Fsp3) is 0.111. The van der Waals surface area contributed by atoms with Crippen molar-refractivity contribution in [3.63, 3.8) is 0 Å². The van der Waals surface area contributed by atoms with Crippen LogP contribution in [0.25, 0.3) is 6.08 Å². The average molecular weight is 134 g/mol. The Morgan fingerprint density at radius 2 is 2.40 bits per heavy atom. The molecule has 1 heteroatoms. The fourth-order valence-electron chi connectivity index (χ4n) is 0.711. The molecule has 0 bridgehead atoms. The predicted octanol–water partition coefficient (Wildman–Crippen LogP) is 2.79. The molecule has 0 spiro atoms. The number of hydrogen-bond donors (Lipinski definition) is 0. The summed E-state index contributed by atoms with van der Waals surface area (Å²) in [6, 6.07) is 1.93. The van der Waals surface area contributed by atoms with Crippen LogP contribution in [0.4, 0.5) is 0 Å². The van der Waals surface area contributed by atoms with Crippen LogP contribution in [-0.4, -0.2) is 0 Å². The second-order valence-electron chi connectivity index (χ2n) is 2.06. The fourth-order valence-corrected chi connectivity index (χ4v) is 0.711. The first kappa shape index (κ1) is 6.87. The Balaban J connectivity index is 2.83. The van der Waals surface area contributed by atoms with Gasteiger partial charge in [-0.1, -0.05) is 18.7 Å².